The van der Waals surface area contributed by atoms with E-state index in [4.69, 9.17) is 28.2 Å². The van der Waals surface area contributed by atoms with Gasteiger partial charge in [-0.25, -0.2) is 19.9 Å². The smallest absolute Gasteiger partial charge is 0.220 e. The monoisotopic (exact) mass is 1270 g/mol. The lowest BCUT2D eigenvalue weighted by atomic mass is 9.88. The van der Waals surface area contributed by atoms with Crippen molar-refractivity contribution in [3.8, 4) is 45.0 Å². The zero-order valence-electron chi connectivity index (χ0n) is 61.3. The third-order valence-corrected chi connectivity index (χ3v) is 20.6. The normalized spacial score (nSPS) is 13.3. The molecule has 0 amide bonds. The van der Waals surface area contributed by atoms with E-state index < -0.39 is 13.7 Å². The van der Waals surface area contributed by atoms with Gasteiger partial charge in [-0.15, -0.1) is 0 Å². The fraction of sp³-hybridized carbons (Fsp3) is 0.116. The van der Waals surface area contributed by atoms with Gasteiger partial charge in [0.2, 0.25) is 23.1 Å². The Morgan fingerprint density at radius 3 is 0.857 bits per heavy atom. The largest absolute Gasteiger partial charge is 0.278 e. The first-order valence-electron chi connectivity index (χ1n) is 36.2. The lowest BCUT2D eigenvalue weighted by molar-refractivity contribution is 1.08. The van der Waals surface area contributed by atoms with Crippen LogP contribution in [0.4, 0.5) is 0 Å². The molecule has 0 unspecified atom stereocenters. The van der Waals surface area contributed by atoms with Crippen molar-refractivity contribution >= 4 is 111 Å². The third-order valence-electron chi connectivity index (χ3n) is 20.6. The highest BCUT2D eigenvalue weighted by Crippen LogP contribution is 2.43. The van der Waals surface area contributed by atoms with E-state index in [0.29, 0.717) is 22.6 Å². The predicted molar refractivity (Wildman–Crippen MR) is 403 cm³/mol. The summed E-state index contributed by atoms with van der Waals surface area (Å²) in [5, 5.41) is 0. The van der Waals surface area contributed by atoms with E-state index in [1.165, 1.54) is 22.3 Å². The molecule has 0 radical (unpaired) electrons. The Bertz CT molecular complexity index is 7070. The maximum atomic E-state index is 8.25. The maximum Gasteiger partial charge on any atom is 0.220 e. The molecule has 0 atom stereocenters. The molecule has 0 aliphatic heterocycles. The van der Waals surface area contributed by atoms with Crippen molar-refractivity contribution in [2.45, 2.75) is 69.1 Å². The molecule has 12 aromatic carbocycles. The molecule has 12 nitrogen and oxygen atoms in total. The van der Waals surface area contributed by atoms with Crippen molar-refractivity contribution in [3.63, 3.8) is 0 Å². The molecule has 20 aromatic rings. The number of aromatic nitrogens is 12. The molecule has 0 bridgehead atoms. The van der Waals surface area contributed by atoms with E-state index in [2.05, 4.69) is 261 Å². The highest BCUT2D eigenvalue weighted by Gasteiger charge is 2.27. The van der Waals surface area contributed by atoms with Crippen LogP contribution in [0.25, 0.3) is 156 Å². The molecule has 0 aliphatic rings. The Balaban J connectivity index is 0.000000143. The van der Waals surface area contributed by atoms with Crippen LogP contribution in [0.2, 0.25) is 0 Å². The van der Waals surface area contributed by atoms with Crippen LogP contribution >= 0.6 is 0 Å². The van der Waals surface area contributed by atoms with Gasteiger partial charge in [-0.1, -0.05) is 121 Å². The number of imidazole rings is 8. The zero-order chi connectivity index (χ0) is 71.3. The van der Waals surface area contributed by atoms with Crippen LogP contribution in [0.3, 0.4) is 0 Å². The molecule has 472 valence electrons. The zero-order valence-corrected chi connectivity index (χ0v) is 55.3. The Morgan fingerprint density at radius 1 is 0.245 bits per heavy atom. The molecule has 0 saturated heterocycles. The highest BCUT2D eigenvalue weighted by molar-refractivity contribution is 5.99. The first kappa shape index (κ1) is 51.1. The Labute approximate surface area is 572 Å². The summed E-state index contributed by atoms with van der Waals surface area (Å²) in [5.41, 5.74) is 33.7. The van der Waals surface area contributed by atoms with Gasteiger partial charge in [-0.2, -0.15) is 0 Å². The molecule has 0 spiro atoms. The number of hydrogen-bond donors (Lipinski definition) is 0. The van der Waals surface area contributed by atoms with Crippen molar-refractivity contribution in [3.05, 3.63) is 286 Å². The topological polar surface area (TPSA) is 88.9 Å². The molecule has 8 aromatic heterocycles. The first-order chi connectivity index (χ1) is 50.2. The van der Waals surface area contributed by atoms with Gasteiger partial charge in [-0.3, -0.25) is 35.9 Å². The second-order valence-corrected chi connectivity index (χ2v) is 26.3. The molecule has 0 aliphatic carbocycles. The molecular weight excluding hydrogens is 1200 g/mol. The molecule has 8 heterocycles. The Hall–Kier alpha value is -12.3. The van der Waals surface area contributed by atoms with Crippen molar-refractivity contribution < 1.29 is 8.22 Å². The summed E-state index contributed by atoms with van der Waals surface area (Å²) in [6.07, 6.45) is 0. The van der Waals surface area contributed by atoms with E-state index >= 15 is 0 Å². The number of aryl methyl sites for hydroxylation is 8. The summed E-state index contributed by atoms with van der Waals surface area (Å²) >= 11 is 0. The van der Waals surface area contributed by atoms with Gasteiger partial charge >= 0.3 is 0 Å². The van der Waals surface area contributed by atoms with Gasteiger partial charge in [0.25, 0.3) is 0 Å². The minimum atomic E-state index is -2.29. The number of benzene rings is 12. The van der Waals surface area contributed by atoms with E-state index in [0.717, 1.165) is 156 Å². The summed E-state index contributed by atoms with van der Waals surface area (Å²) in [7, 11) is 0. The summed E-state index contributed by atoms with van der Waals surface area (Å²) in [5.74, 6) is 3.15. The molecule has 0 N–H and O–H groups in total. The van der Waals surface area contributed by atoms with Gasteiger partial charge < -0.3 is 0 Å². The Kier molecular flexibility index (Phi) is 11.0. The first-order valence-corrected chi connectivity index (χ1v) is 33.2. The van der Waals surface area contributed by atoms with Gasteiger partial charge in [0, 0.05) is 19.6 Å². The minimum absolute atomic E-state index is 0.255. The second kappa shape index (κ2) is 21.1. The number of fused-ring (bicyclic) bond motifs is 20. The van der Waals surface area contributed by atoms with Crippen LogP contribution in [-0.4, -0.2) is 55.8 Å². The molecule has 98 heavy (non-hydrogen) atoms. The van der Waals surface area contributed by atoms with Gasteiger partial charge in [0.05, 0.1) is 99.6 Å². The van der Waals surface area contributed by atoms with Crippen LogP contribution in [0, 0.1) is 69.1 Å². The number of hydrogen-bond acceptors (Lipinski definition) is 4. The summed E-state index contributed by atoms with van der Waals surface area (Å²) < 4.78 is 66.8. The van der Waals surface area contributed by atoms with Gasteiger partial charge in [-0.05, 0) is 256 Å². The maximum absolute atomic E-state index is 8.25. The van der Waals surface area contributed by atoms with E-state index in [1.807, 2.05) is 42.5 Å². The highest BCUT2D eigenvalue weighted by atomic mass is 15.2. The van der Waals surface area contributed by atoms with E-state index in [-0.39, 0.29) is 11.1 Å². The lowest BCUT2D eigenvalue weighted by Gasteiger charge is -2.21. The summed E-state index contributed by atoms with van der Waals surface area (Å²) in [4.78, 5) is 20.5. The van der Waals surface area contributed by atoms with Crippen molar-refractivity contribution in [2.24, 2.45) is 0 Å². The van der Waals surface area contributed by atoms with Crippen molar-refractivity contribution in [1.29, 1.82) is 0 Å². The van der Waals surface area contributed by atoms with E-state index in [9.17, 15) is 0 Å². The number of rotatable bonds is 6. The van der Waals surface area contributed by atoms with Crippen LogP contribution < -0.4 is 0 Å². The number of para-hydroxylation sites is 12. The average Bonchev–Trinajstić information content (AvgIpc) is 1.56. The van der Waals surface area contributed by atoms with Crippen LogP contribution in [0.15, 0.2) is 231 Å². The Morgan fingerprint density at radius 2 is 0.531 bits per heavy atom. The predicted octanol–water partition coefficient (Wildman–Crippen LogP) is 20.8. The third kappa shape index (κ3) is 7.99. The van der Waals surface area contributed by atoms with Crippen LogP contribution in [0.5, 0.6) is 0 Å². The van der Waals surface area contributed by atoms with Crippen LogP contribution in [0.1, 0.15) is 63.9 Å². The molecule has 0 saturated carbocycles. The second-order valence-electron chi connectivity index (χ2n) is 26.3. The van der Waals surface area contributed by atoms with Crippen molar-refractivity contribution in [2.75, 3.05) is 0 Å². The van der Waals surface area contributed by atoms with Crippen LogP contribution in [-0.2, 0) is 0 Å². The van der Waals surface area contributed by atoms with E-state index in [1.54, 1.807) is 18.2 Å². The quantitative estimate of drug-likeness (QED) is 0.166. The average molecular weight is 1280 g/mol. The molecule has 0 fully saturated rings. The fourth-order valence-electron chi connectivity index (χ4n) is 16.1. The standard InChI is InChI=1S/C44H36N6.C42H32N6/c1-25-21-23-31(47-33-15-7-9-17-35(33)49-37-19-11-13-27(3)41(37)45-43(47)49)29(5)39(25)40-26(2)22-24-32(30(40)6)48-34-16-8-10-18-36(34)50-38-20-12-14-28(4)42(38)46-44(48)50;1-25-11-9-17-37-39(25)43-41-45(33-13-5-7-15-35(33)47(37)41)29-19-21-31(27(3)23-29)32-22-20-30(24-28(32)4)46-34-14-6-8-16-36(34)48-38-18-10-12-26(2)40(38)44-42(46)48/h7-24H,1-6H3;5-24H,1-4H3/i3D3;1D3. The number of nitrogens with zero attached hydrogens (tertiary/aromatic N) is 12. The van der Waals surface area contributed by atoms with Gasteiger partial charge in [0.15, 0.2) is 0 Å². The fourth-order valence-corrected chi connectivity index (χ4v) is 16.1. The lowest BCUT2D eigenvalue weighted by Crippen LogP contribution is -2.05. The summed E-state index contributed by atoms with van der Waals surface area (Å²) in [6, 6.07) is 79.0. The molecule has 12 heteroatoms. The van der Waals surface area contributed by atoms with Gasteiger partial charge in [0.1, 0.15) is 0 Å². The van der Waals surface area contributed by atoms with Crippen molar-refractivity contribution in [1.82, 2.24) is 55.8 Å². The molecule has 20 rings (SSSR count). The minimum Gasteiger partial charge on any atom is -0.278 e. The summed E-state index contributed by atoms with van der Waals surface area (Å²) in [6.45, 7) is 12.8. The molecular formula is C86H68N12. The SMILES string of the molecule is [2H]C([2H])([2H])c1cccc2c1nc1n(-c3ccc(-c4ccc(-n5c6ccccc6n6c7cccc(C)c7nc56)cc4C)c(C)c3)c3ccccc3n21.[2H]C([2H])([2H])c1cccc2c1nc1n(-c3ccc(C)c(-c4c(C)ccc(-n5c6ccccc6n6c7cccc(C)c7nc56)c4C)c3C)c3ccccc3n21.